The van der Waals surface area contributed by atoms with Crippen LogP contribution in [0.15, 0.2) is 47.1 Å². The van der Waals surface area contributed by atoms with Gasteiger partial charge in [0.2, 0.25) is 5.91 Å². The van der Waals surface area contributed by atoms with Gasteiger partial charge in [-0.15, -0.1) is 0 Å². The summed E-state index contributed by atoms with van der Waals surface area (Å²) in [7, 11) is 0. The number of fused-ring (bicyclic) bond motifs is 1. The summed E-state index contributed by atoms with van der Waals surface area (Å²) in [5, 5.41) is 5.38. The Morgan fingerprint density at radius 2 is 2.07 bits per heavy atom. The third-order valence-corrected chi connectivity index (χ3v) is 4.55. The number of benzene rings is 1. The second-order valence-electron chi connectivity index (χ2n) is 6.52. The minimum absolute atomic E-state index is 0.0758. The smallest absolute Gasteiger partial charge is 0.325 e. The average molecular weight is 381 g/mol. The number of nitrogens with one attached hydrogen (secondary N) is 3. The molecular weight excluding hydrogens is 362 g/mol. The zero-order chi connectivity index (χ0) is 19.5. The number of amides is 4. The van der Waals surface area contributed by atoms with Crippen molar-refractivity contribution in [3.8, 4) is 0 Å². The van der Waals surface area contributed by atoms with Gasteiger partial charge >= 0.3 is 6.03 Å². The van der Waals surface area contributed by atoms with Gasteiger partial charge in [0, 0.05) is 6.42 Å². The molecule has 1 aliphatic heterocycles. The maximum absolute atomic E-state index is 12.4. The molecule has 9 heteroatoms. The molecule has 0 bridgehead atoms. The number of H-pyrrole nitrogens is 1. The fraction of sp³-hybridized carbons (Fsp3) is 0.263. The molecule has 1 fully saturated rings. The summed E-state index contributed by atoms with van der Waals surface area (Å²) in [6.45, 7) is 0.343. The van der Waals surface area contributed by atoms with Gasteiger partial charge in [0.25, 0.3) is 5.91 Å². The van der Waals surface area contributed by atoms with Gasteiger partial charge in [-0.05, 0) is 30.7 Å². The molecule has 9 nitrogen and oxygen atoms in total. The molecule has 4 rings (SSSR count). The van der Waals surface area contributed by atoms with Crippen LogP contribution in [0.25, 0.3) is 11.0 Å². The van der Waals surface area contributed by atoms with Crippen LogP contribution in [0.3, 0.4) is 0 Å². The molecule has 0 unspecified atom stereocenters. The van der Waals surface area contributed by atoms with E-state index < -0.39 is 12.1 Å². The van der Waals surface area contributed by atoms with Gasteiger partial charge in [-0.2, -0.15) is 0 Å². The monoisotopic (exact) mass is 381 g/mol. The van der Waals surface area contributed by atoms with Crippen LogP contribution in [0, 0.1) is 0 Å². The van der Waals surface area contributed by atoms with Crippen LogP contribution in [0.4, 0.5) is 4.79 Å². The van der Waals surface area contributed by atoms with Crippen molar-refractivity contribution < 1.29 is 18.8 Å². The molecule has 1 aromatic carbocycles. The lowest BCUT2D eigenvalue weighted by molar-refractivity contribution is -0.128. The van der Waals surface area contributed by atoms with Crippen molar-refractivity contribution in [2.45, 2.75) is 32.0 Å². The van der Waals surface area contributed by atoms with Gasteiger partial charge in [-0.25, -0.2) is 9.78 Å². The highest BCUT2D eigenvalue weighted by Crippen LogP contribution is 2.15. The Hall–Kier alpha value is -3.62. The van der Waals surface area contributed by atoms with Gasteiger partial charge in [0.05, 0.1) is 30.4 Å². The van der Waals surface area contributed by atoms with Crippen molar-refractivity contribution in [3.63, 3.8) is 0 Å². The Morgan fingerprint density at radius 1 is 1.21 bits per heavy atom. The highest BCUT2D eigenvalue weighted by atomic mass is 16.3. The molecule has 28 heavy (non-hydrogen) atoms. The number of carbonyl (C=O) groups excluding carboxylic acids is 3. The van der Waals surface area contributed by atoms with Crippen molar-refractivity contribution in [1.29, 1.82) is 0 Å². The zero-order valence-corrected chi connectivity index (χ0v) is 15.0. The normalized spacial score (nSPS) is 16.6. The maximum atomic E-state index is 12.4. The first kappa shape index (κ1) is 17.8. The summed E-state index contributed by atoms with van der Waals surface area (Å²) in [4.78, 5) is 45.1. The molecule has 2 aromatic heterocycles. The molecule has 3 heterocycles. The van der Waals surface area contributed by atoms with E-state index in [4.69, 9.17) is 4.42 Å². The lowest BCUT2D eigenvalue weighted by atomic mass is 10.1. The fourth-order valence-electron chi connectivity index (χ4n) is 3.12. The van der Waals surface area contributed by atoms with E-state index in [9.17, 15) is 14.4 Å². The number of urea groups is 1. The van der Waals surface area contributed by atoms with Crippen LogP contribution >= 0.6 is 0 Å². The molecule has 3 aromatic rings. The van der Waals surface area contributed by atoms with Crippen LogP contribution in [-0.4, -0.2) is 38.8 Å². The molecule has 0 radical (unpaired) electrons. The minimum Gasteiger partial charge on any atom is -0.467 e. The number of rotatable bonds is 7. The zero-order valence-electron chi connectivity index (χ0n) is 15.0. The van der Waals surface area contributed by atoms with E-state index in [2.05, 4.69) is 20.6 Å². The van der Waals surface area contributed by atoms with Crippen molar-refractivity contribution >= 4 is 28.9 Å². The molecule has 3 N–H and O–H groups in total. The van der Waals surface area contributed by atoms with Crippen molar-refractivity contribution in [1.82, 2.24) is 25.5 Å². The standard InChI is InChI=1S/C19H19N5O4/c25-17(20-10-16-21-13-5-1-2-6-14(13)22-16)8-7-15-18(26)24(19(27)23-15)11-12-4-3-9-28-12/h1-6,9,15H,7-8,10-11H2,(H,20,25)(H,21,22)(H,23,27)/t15-/m1/s1. The summed E-state index contributed by atoms with van der Waals surface area (Å²) in [6.07, 6.45) is 1.83. The van der Waals surface area contributed by atoms with Gasteiger partial charge in [0.1, 0.15) is 17.6 Å². The topological polar surface area (TPSA) is 120 Å². The van der Waals surface area contributed by atoms with Gasteiger partial charge in [-0.1, -0.05) is 12.1 Å². The van der Waals surface area contributed by atoms with Crippen LogP contribution in [0.2, 0.25) is 0 Å². The van der Waals surface area contributed by atoms with Gasteiger partial charge in [-0.3, -0.25) is 14.5 Å². The number of aromatic nitrogens is 2. The predicted molar refractivity (Wildman–Crippen MR) is 98.8 cm³/mol. The van der Waals surface area contributed by atoms with Crippen LogP contribution in [-0.2, 0) is 22.7 Å². The minimum atomic E-state index is -0.709. The van der Waals surface area contributed by atoms with E-state index in [1.54, 1.807) is 12.1 Å². The van der Waals surface area contributed by atoms with Crippen molar-refractivity contribution in [2.24, 2.45) is 0 Å². The van der Waals surface area contributed by atoms with Crippen LogP contribution in [0.1, 0.15) is 24.4 Å². The second kappa shape index (κ2) is 7.55. The van der Waals surface area contributed by atoms with Crippen molar-refractivity contribution in [3.05, 3.63) is 54.2 Å². The third kappa shape index (κ3) is 3.73. The largest absolute Gasteiger partial charge is 0.467 e. The number of aromatic amines is 1. The summed E-state index contributed by atoms with van der Waals surface area (Å²) < 4.78 is 5.17. The summed E-state index contributed by atoms with van der Waals surface area (Å²) in [5.74, 6) is 0.607. The van der Waals surface area contributed by atoms with E-state index in [1.807, 2.05) is 24.3 Å². The lowest BCUT2D eigenvalue weighted by Crippen LogP contribution is -2.32. The number of imidazole rings is 1. The number of hydrogen-bond donors (Lipinski definition) is 3. The molecule has 0 aliphatic carbocycles. The first-order valence-electron chi connectivity index (χ1n) is 8.95. The van der Waals surface area contributed by atoms with E-state index in [0.717, 1.165) is 15.9 Å². The van der Waals surface area contributed by atoms with Crippen LogP contribution in [0.5, 0.6) is 0 Å². The quantitative estimate of drug-likeness (QED) is 0.538. The van der Waals surface area contributed by atoms with Gasteiger partial charge < -0.3 is 20.0 Å². The lowest BCUT2D eigenvalue weighted by Gasteiger charge is -2.11. The molecule has 144 valence electrons. The maximum Gasteiger partial charge on any atom is 0.325 e. The molecule has 1 saturated heterocycles. The molecule has 1 atom stereocenters. The first-order valence-corrected chi connectivity index (χ1v) is 8.95. The molecule has 4 amide bonds. The predicted octanol–water partition coefficient (Wildman–Crippen LogP) is 1.67. The van der Waals surface area contributed by atoms with E-state index in [1.165, 1.54) is 6.26 Å². The average Bonchev–Trinajstić information content (AvgIpc) is 3.40. The molecular formula is C19H19N5O4. The summed E-state index contributed by atoms with van der Waals surface area (Å²) in [6, 6.07) is 9.81. The highest BCUT2D eigenvalue weighted by molar-refractivity contribution is 6.04. The number of nitrogens with zero attached hydrogens (tertiary/aromatic N) is 2. The van der Waals surface area contributed by atoms with Crippen molar-refractivity contribution in [2.75, 3.05) is 0 Å². The Morgan fingerprint density at radius 3 is 2.86 bits per heavy atom. The van der Waals surface area contributed by atoms with Crippen LogP contribution < -0.4 is 10.6 Å². The van der Waals surface area contributed by atoms with Gasteiger partial charge in [0.15, 0.2) is 0 Å². The number of carbonyl (C=O) groups is 3. The molecule has 1 aliphatic rings. The first-order chi connectivity index (χ1) is 13.6. The Bertz CT molecular complexity index is 977. The number of imide groups is 1. The highest BCUT2D eigenvalue weighted by Gasteiger charge is 2.38. The molecule has 0 saturated carbocycles. The Balaban J connectivity index is 1.26. The SMILES string of the molecule is O=C(CC[C@H]1NC(=O)N(Cc2ccco2)C1=O)NCc1nc2ccccc2[nH]1. The fourth-order valence-corrected chi connectivity index (χ4v) is 3.12. The van der Waals surface area contributed by atoms with E-state index in [0.29, 0.717) is 11.6 Å². The summed E-state index contributed by atoms with van der Waals surface area (Å²) in [5.41, 5.74) is 1.74. The second-order valence-corrected chi connectivity index (χ2v) is 6.52. The van der Waals surface area contributed by atoms with E-state index in [-0.39, 0.29) is 37.7 Å². The third-order valence-electron chi connectivity index (χ3n) is 4.55. The number of para-hydroxylation sites is 2. The summed E-state index contributed by atoms with van der Waals surface area (Å²) >= 11 is 0. The molecule has 0 spiro atoms. The van der Waals surface area contributed by atoms with E-state index >= 15 is 0 Å². The Kier molecular flexibility index (Phi) is 4.79. The number of furan rings is 1. The number of hydrogen-bond acceptors (Lipinski definition) is 5. The Labute approximate surface area is 160 Å².